The summed E-state index contributed by atoms with van der Waals surface area (Å²) in [7, 11) is 0. The number of hydrogen-bond acceptors (Lipinski definition) is 1. The predicted octanol–water partition coefficient (Wildman–Crippen LogP) is 2.94. The van der Waals surface area contributed by atoms with E-state index in [-0.39, 0.29) is 0 Å². The third kappa shape index (κ3) is 2.48. The minimum Gasteiger partial charge on any atom is -0.330 e. The highest BCUT2D eigenvalue weighted by atomic mass is 14.5. The molecule has 0 saturated heterocycles. The minimum absolute atomic E-state index is 0.560. The van der Waals surface area contributed by atoms with E-state index in [2.05, 4.69) is 20.8 Å². The van der Waals surface area contributed by atoms with E-state index in [0.29, 0.717) is 10.8 Å². The first kappa shape index (κ1) is 10.0. The van der Waals surface area contributed by atoms with Crippen LogP contribution in [0.2, 0.25) is 0 Å². The van der Waals surface area contributed by atoms with Crippen LogP contribution in [-0.4, -0.2) is 6.54 Å². The van der Waals surface area contributed by atoms with Crippen molar-refractivity contribution in [3.63, 3.8) is 0 Å². The SMILES string of the molecule is CC1(C)CCC(C)(CCN)CC1. The van der Waals surface area contributed by atoms with Gasteiger partial charge in [-0.3, -0.25) is 0 Å². The predicted molar refractivity (Wildman–Crippen MR) is 54.0 cm³/mol. The van der Waals surface area contributed by atoms with Gasteiger partial charge < -0.3 is 5.73 Å². The second-order valence-corrected chi connectivity index (χ2v) is 5.51. The number of nitrogens with two attached hydrogens (primary N) is 1. The Morgan fingerprint density at radius 2 is 1.50 bits per heavy atom. The Hall–Kier alpha value is -0.0400. The molecule has 1 heteroatoms. The molecule has 0 amide bonds. The molecule has 0 heterocycles. The maximum Gasteiger partial charge on any atom is -0.00721 e. The van der Waals surface area contributed by atoms with Crippen LogP contribution in [0.5, 0.6) is 0 Å². The van der Waals surface area contributed by atoms with Gasteiger partial charge in [0, 0.05) is 0 Å². The first-order valence-electron chi connectivity index (χ1n) is 5.18. The Bertz CT molecular complexity index is 139. The van der Waals surface area contributed by atoms with Crippen molar-refractivity contribution in [3.8, 4) is 0 Å². The monoisotopic (exact) mass is 169 g/mol. The van der Waals surface area contributed by atoms with Gasteiger partial charge in [0.15, 0.2) is 0 Å². The van der Waals surface area contributed by atoms with E-state index >= 15 is 0 Å². The molecule has 1 nitrogen and oxygen atoms in total. The van der Waals surface area contributed by atoms with E-state index in [9.17, 15) is 0 Å². The molecule has 0 aliphatic heterocycles. The molecule has 72 valence electrons. The van der Waals surface area contributed by atoms with Gasteiger partial charge in [0.05, 0.1) is 0 Å². The van der Waals surface area contributed by atoms with Crippen LogP contribution in [-0.2, 0) is 0 Å². The smallest absolute Gasteiger partial charge is 0.00721 e. The lowest BCUT2D eigenvalue weighted by Gasteiger charge is -2.41. The van der Waals surface area contributed by atoms with Crippen molar-refractivity contribution in [1.82, 2.24) is 0 Å². The van der Waals surface area contributed by atoms with Gasteiger partial charge in [-0.15, -0.1) is 0 Å². The lowest BCUT2D eigenvalue weighted by Crippen LogP contribution is -2.30. The third-order valence-electron chi connectivity index (χ3n) is 3.56. The largest absolute Gasteiger partial charge is 0.330 e. The maximum atomic E-state index is 5.61. The summed E-state index contributed by atoms with van der Waals surface area (Å²) >= 11 is 0. The Balaban J connectivity index is 2.44. The summed E-state index contributed by atoms with van der Waals surface area (Å²) < 4.78 is 0. The van der Waals surface area contributed by atoms with Crippen molar-refractivity contribution in [3.05, 3.63) is 0 Å². The van der Waals surface area contributed by atoms with Gasteiger partial charge in [-0.2, -0.15) is 0 Å². The molecule has 1 rings (SSSR count). The van der Waals surface area contributed by atoms with Crippen LogP contribution >= 0.6 is 0 Å². The molecule has 0 unspecified atom stereocenters. The van der Waals surface area contributed by atoms with Crippen LogP contribution in [0.3, 0.4) is 0 Å². The van der Waals surface area contributed by atoms with E-state index in [1.807, 2.05) is 0 Å². The van der Waals surface area contributed by atoms with E-state index in [1.54, 1.807) is 0 Å². The van der Waals surface area contributed by atoms with Gasteiger partial charge in [-0.05, 0) is 49.5 Å². The second kappa shape index (κ2) is 3.37. The lowest BCUT2D eigenvalue weighted by atomic mass is 9.65. The van der Waals surface area contributed by atoms with Gasteiger partial charge in [-0.25, -0.2) is 0 Å². The fraction of sp³-hybridized carbons (Fsp3) is 1.00. The van der Waals surface area contributed by atoms with E-state index in [0.717, 1.165) is 6.54 Å². The topological polar surface area (TPSA) is 26.0 Å². The first-order chi connectivity index (χ1) is 5.47. The molecule has 1 aliphatic carbocycles. The Kier molecular flexibility index (Phi) is 2.82. The normalized spacial score (nSPS) is 27.0. The van der Waals surface area contributed by atoms with Crippen molar-refractivity contribution in [2.45, 2.75) is 52.9 Å². The van der Waals surface area contributed by atoms with Crippen molar-refractivity contribution in [1.29, 1.82) is 0 Å². The highest BCUT2D eigenvalue weighted by Gasteiger charge is 2.33. The quantitative estimate of drug-likeness (QED) is 0.675. The summed E-state index contributed by atoms with van der Waals surface area (Å²) in [5, 5.41) is 0. The van der Waals surface area contributed by atoms with Crippen molar-refractivity contribution in [2.24, 2.45) is 16.6 Å². The van der Waals surface area contributed by atoms with Crippen LogP contribution in [0, 0.1) is 10.8 Å². The molecule has 1 saturated carbocycles. The second-order valence-electron chi connectivity index (χ2n) is 5.51. The zero-order valence-electron chi connectivity index (χ0n) is 8.82. The van der Waals surface area contributed by atoms with Gasteiger partial charge in [0.2, 0.25) is 0 Å². The van der Waals surface area contributed by atoms with Crippen LogP contribution < -0.4 is 5.73 Å². The van der Waals surface area contributed by atoms with Crippen LogP contribution in [0.15, 0.2) is 0 Å². The number of rotatable bonds is 2. The lowest BCUT2D eigenvalue weighted by molar-refractivity contribution is 0.111. The van der Waals surface area contributed by atoms with Crippen LogP contribution in [0.25, 0.3) is 0 Å². The highest BCUT2D eigenvalue weighted by Crippen LogP contribution is 2.46. The van der Waals surface area contributed by atoms with Gasteiger partial charge in [-0.1, -0.05) is 20.8 Å². The van der Waals surface area contributed by atoms with E-state index in [4.69, 9.17) is 5.73 Å². The van der Waals surface area contributed by atoms with Crippen molar-refractivity contribution < 1.29 is 0 Å². The zero-order chi connectivity index (χ0) is 9.24. The summed E-state index contributed by atoms with van der Waals surface area (Å²) in [6.07, 6.45) is 6.71. The molecule has 1 fully saturated rings. The van der Waals surface area contributed by atoms with E-state index in [1.165, 1.54) is 32.1 Å². The molecular weight excluding hydrogens is 146 g/mol. The summed E-state index contributed by atoms with van der Waals surface area (Å²) in [4.78, 5) is 0. The molecule has 0 radical (unpaired) electrons. The molecule has 0 bridgehead atoms. The summed E-state index contributed by atoms with van der Waals surface area (Å²) in [6.45, 7) is 8.02. The maximum absolute atomic E-state index is 5.61. The minimum atomic E-state index is 0.560. The molecule has 0 aromatic rings. The van der Waals surface area contributed by atoms with Crippen molar-refractivity contribution in [2.75, 3.05) is 6.54 Å². The molecule has 12 heavy (non-hydrogen) atoms. The fourth-order valence-electron chi connectivity index (χ4n) is 2.13. The summed E-state index contributed by atoms with van der Waals surface area (Å²) in [5.74, 6) is 0. The zero-order valence-corrected chi connectivity index (χ0v) is 8.82. The Morgan fingerprint density at radius 1 is 1.00 bits per heavy atom. The van der Waals surface area contributed by atoms with Crippen LogP contribution in [0.1, 0.15) is 52.9 Å². The first-order valence-corrected chi connectivity index (χ1v) is 5.18. The Morgan fingerprint density at radius 3 is 1.92 bits per heavy atom. The molecule has 1 aliphatic rings. The van der Waals surface area contributed by atoms with Gasteiger partial charge in [0.25, 0.3) is 0 Å². The average Bonchev–Trinajstić information content (AvgIpc) is 1.98. The summed E-state index contributed by atoms with van der Waals surface area (Å²) in [5.41, 5.74) is 6.76. The fourth-order valence-corrected chi connectivity index (χ4v) is 2.13. The van der Waals surface area contributed by atoms with Gasteiger partial charge >= 0.3 is 0 Å². The standard InChI is InChI=1S/C11H23N/c1-10(2)4-6-11(3,7-5-10)8-9-12/h4-9,12H2,1-3H3. The van der Waals surface area contributed by atoms with E-state index < -0.39 is 0 Å². The molecular formula is C11H23N. The third-order valence-corrected chi connectivity index (χ3v) is 3.56. The molecule has 0 aromatic heterocycles. The molecule has 0 spiro atoms. The van der Waals surface area contributed by atoms with Gasteiger partial charge in [0.1, 0.15) is 0 Å². The van der Waals surface area contributed by atoms with Crippen molar-refractivity contribution >= 4 is 0 Å². The molecule has 0 aromatic carbocycles. The number of hydrogen-bond donors (Lipinski definition) is 1. The average molecular weight is 169 g/mol. The molecule has 0 atom stereocenters. The highest BCUT2D eigenvalue weighted by molar-refractivity contribution is 4.86. The van der Waals surface area contributed by atoms with Crippen LogP contribution in [0.4, 0.5) is 0 Å². The Labute approximate surface area is 76.7 Å². The summed E-state index contributed by atoms with van der Waals surface area (Å²) in [6, 6.07) is 0. The molecule has 2 N–H and O–H groups in total.